The van der Waals surface area contributed by atoms with E-state index in [1.54, 1.807) is 49.6 Å². The standard InChI is InChI=1S/C26H25ClN4O6/c1-36-19-9-7-18(8-10-19)29-24(33)16-31-22-11-6-17(27)14-21(22)25(34)30(26(31)35)12-2-5-23(32)28-15-20-4-3-13-37-20/h3-4,6-11,13-14H,2,5,12,15-16H2,1H3,(H,28,32)(H,29,33). The van der Waals surface area contributed by atoms with E-state index in [9.17, 15) is 19.2 Å². The monoisotopic (exact) mass is 524 g/mol. The molecule has 0 fully saturated rings. The molecule has 11 heteroatoms. The van der Waals surface area contributed by atoms with Crippen LogP contribution in [0.15, 0.2) is 74.9 Å². The van der Waals surface area contributed by atoms with Gasteiger partial charge in [-0.15, -0.1) is 0 Å². The lowest BCUT2D eigenvalue weighted by molar-refractivity contribution is -0.121. The van der Waals surface area contributed by atoms with E-state index in [1.807, 2.05) is 0 Å². The Hall–Kier alpha value is -4.31. The highest BCUT2D eigenvalue weighted by molar-refractivity contribution is 6.31. The van der Waals surface area contributed by atoms with Crippen molar-refractivity contribution >= 4 is 40.0 Å². The molecule has 0 radical (unpaired) electrons. The van der Waals surface area contributed by atoms with Crippen molar-refractivity contribution in [3.05, 3.63) is 92.5 Å². The smallest absolute Gasteiger partial charge is 0.331 e. The first-order valence-electron chi connectivity index (χ1n) is 11.5. The molecule has 10 nitrogen and oxygen atoms in total. The zero-order valence-corrected chi connectivity index (χ0v) is 20.8. The van der Waals surface area contributed by atoms with Gasteiger partial charge in [0.1, 0.15) is 18.1 Å². The molecule has 0 unspecified atom stereocenters. The van der Waals surface area contributed by atoms with Gasteiger partial charge < -0.3 is 19.8 Å². The third-order valence-electron chi connectivity index (χ3n) is 5.69. The summed E-state index contributed by atoms with van der Waals surface area (Å²) in [5.74, 6) is 0.559. The van der Waals surface area contributed by atoms with Crippen molar-refractivity contribution in [2.75, 3.05) is 12.4 Å². The van der Waals surface area contributed by atoms with E-state index in [0.29, 0.717) is 22.2 Å². The molecule has 0 aliphatic carbocycles. The maximum atomic E-state index is 13.3. The van der Waals surface area contributed by atoms with Gasteiger partial charge in [0.25, 0.3) is 5.56 Å². The number of benzene rings is 2. The molecule has 0 aliphatic heterocycles. The molecule has 2 aromatic heterocycles. The first-order valence-corrected chi connectivity index (χ1v) is 11.9. The van der Waals surface area contributed by atoms with Crippen LogP contribution in [0.4, 0.5) is 5.69 Å². The van der Waals surface area contributed by atoms with Crippen LogP contribution >= 0.6 is 11.6 Å². The average molecular weight is 525 g/mol. The van der Waals surface area contributed by atoms with Crippen LogP contribution < -0.4 is 26.6 Å². The number of methoxy groups -OCH3 is 1. The highest BCUT2D eigenvalue weighted by Gasteiger charge is 2.16. The summed E-state index contributed by atoms with van der Waals surface area (Å²) < 4.78 is 12.5. The molecule has 0 saturated heterocycles. The number of furan rings is 1. The van der Waals surface area contributed by atoms with Gasteiger partial charge in [-0.3, -0.25) is 23.5 Å². The Labute approximate surface area is 216 Å². The van der Waals surface area contributed by atoms with Gasteiger partial charge in [-0.25, -0.2) is 4.79 Å². The SMILES string of the molecule is COc1ccc(NC(=O)Cn2c(=O)n(CCCC(=O)NCc3ccco3)c(=O)c3cc(Cl)ccc32)cc1. The van der Waals surface area contributed by atoms with E-state index in [0.717, 1.165) is 4.57 Å². The van der Waals surface area contributed by atoms with Gasteiger partial charge in [-0.05, 0) is 61.0 Å². The number of rotatable bonds is 10. The van der Waals surface area contributed by atoms with Crippen LogP contribution in [-0.2, 0) is 29.2 Å². The summed E-state index contributed by atoms with van der Waals surface area (Å²) in [6.07, 6.45) is 1.85. The number of nitrogens with one attached hydrogen (secondary N) is 2. The Morgan fingerprint density at radius 3 is 2.51 bits per heavy atom. The van der Waals surface area contributed by atoms with E-state index in [4.69, 9.17) is 20.8 Å². The summed E-state index contributed by atoms with van der Waals surface area (Å²) in [6, 6.07) is 14.8. The molecule has 0 atom stereocenters. The second kappa shape index (κ2) is 11.6. The summed E-state index contributed by atoms with van der Waals surface area (Å²) in [7, 11) is 1.54. The highest BCUT2D eigenvalue weighted by atomic mass is 35.5. The summed E-state index contributed by atoms with van der Waals surface area (Å²) in [4.78, 5) is 51.4. The minimum Gasteiger partial charge on any atom is -0.497 e. The zero-order valence-electron chi connectivity index (χ0n) is 20.0. The van der Waals surface area contributed by atoms with Crippen molar-refractivity contribution in [2.24, 2.45) is 0 Å². The lowest BCUT2D eigenvalue weighted by Crippen LogP contribution is -2.42. The van der Waals surface area contributed by atoms with Crippen LogP contribution in [0.3, 0.4) is 0 Å². The molecule has 37 heavy (non-hydrogen) atoms. The number of hydrogen-bond donors (Lipinski definition) is 2. The van der Waals surface area contributed by atoms with Crippen molar-refractivity contribution in [3.63, 3.8) is 0 Å². The van der Waals surface area contributed by atoms with Crippen LogP contribution in [0, 0.1) is 0 Å². The van der Waals surface area contributed by atoms with E-state index in [1.165, 1.54) is 23.0 Å². The second-order valence-electron chi connectivity index (χ2n) is 8.22. The third kappa shape index (κ3) is 6.28. The fourth-order valence-electron chi connectivity index (χ4n) is 3.85. The van der Waals surface area contributed by atoms with Crippen molar-refractivity contribution in [1.29, 1.82) is 0 Å². The Bertz CT molecular complexity index is 1520. The molecule has 4 rings (SSSR count). The van der Waals surface area contributed by atoms with E-state index < -0.39 is 17.2 Å². The van der Waals surface area contributed by atoms with Gasteiger partial charge in [0.2, 0.25) is 11.8 Å². The number of nitrogens with zero attached hydrogens (tertiary/aromatic N) is 2. The molecule has 192 valence electrons. The Morgan fingerprint density at radius 1 is 1.03 bits per heavy atom. The molecule has 4 aromatic rings. The quantitative estimate of drug-likeness (QED) is 0.328. The Morgan fingerprint density at radius 2 is 1.81 bits per heavy atom. The fraction of sp³-hybridized carbons (Fsp3) is 0.231. The minimum absolute atomic E-state index is 0.00556. The fourth-order valence-corrected chi connectivity index (χ4v) is 4.02. The molecular formula is C26H25ClN4O6. The summed E-state index contributed by atoms with van der Waals surface area (Å²) in [6.45, 7) is -0.0856. The molecule has 0 bridgehead atoms. The summed E-state index contributed by atoms with van der Waals surface area (Å²) in [5, 5.41) is 5.98. The number of amides is 2. The van der Waals surface area contributed by atoms with E-state index >= 15 is 0 Å². The normalized spacial score (nSPS) is 10.9. The topological polar surface area (TPSA) is 125 Å². The van der Waals surface area contributed by atoms with Gasteiger partial charge >= 0.3 is 5.69 Å². The van der Waals surface area contributed by atoms with Gasteiger partial charge in [-0.2, -0.15) is 0 Å². The van der Waals surface area contributed by atoms with E-state index in [-0.39, 0.29) is 49.3 Å². The van der Waals surface area contributed by atoms with Crippen molar-refractivity contribution in [2.45, 2.75) is 32.5 Å². The van der Waals surface area contributed by atoms with Crippen molar-refractivity contribution < 1.29 is 18.7 Å². The zero-order chi connectivity index (χ0) is 26.4. The van der Waals surface area contributed by atoms with Gasteiger partial charge in [-0.1, -0.05) is 11.6 Å². The van der Waals surface area contributed by atoms with Crippen LogP contribution in [0.5, 0.6) is 5.75 Å². The first-order chi connectivity index (χ1) is 17.9. The van der Waals surface area contributed by atoms with Crippen LogP contribution in [0.25, 0.3) is 10.9 Å². The summed E-state index contributed by atoms with van der Waals surface area (Å²) >= 11 is 6.11. The van der Waals surface area contributed by atoms with Crippen molar-refractivity contribution in [3.8, 4) is 5.75 Å². The van der Waals surface area contributed by atoms with Crippen LogP contribution in [0.2, 0.25) is 5.02 Å². The van der Waals surface area contributed by atoms with Crippen molar-refractivity contribution in [1.82, 2.24) is 14.5 Å². The molecule has 2 amide bonds. The number of fused-ring (bicyclic) bond motifs is 1. The van der Waals surface area contributed by atoms with Crippen LogP contribution in [-0.4, -0.2) is 28.1 Å². The molecule has 0 saturated carbocycles. The number of ether oxygens (including phenoxy) is 1. The number of carbonyl (C=O) groups is 2. The van der Waals surface area contributed by atoms with Gasteiger partial charge in [0, 0.05) is 23.7 Å². The van der Waals surface area contributed by atoms with Gasteiger partial charge in [0.15, 0.2) is 0 Å². The molecular weight excluding hydrogens is 500 g/mol. The molecule has 2 N–H and O–H groups in total. The van der Waals surface area contributed by atoms with E-state index in [2.05, 4.69) is 10.6 Å². The number of anilines is 1. The van der Waals surface area contributed by atoms with Crippen LogP contribution in [0.1, 0.15) is 18.6 Å². The number of hydrogen-bond acceptors (Lipinski definition) is 6. The first kappa shape index (κ1) is 25.8. The minimum atomic E-state index is -0.652. The summed E-state index contributed by atoms with van der Waals surface area (Å²) in [5.41, 5.74) is -0.372. The molecule has 0 aliphatic rings. The Kier molecular flexibility index (Phi) is 8.09. The average Bonchev–Trinajstić information content (AvgIpc) is 3.42. The lowest BCUT2D eigenvalue weighted by Gasteiger charge is -2.14. The largest absolute Gasteiger partial charge is 0.497 e. The highest BCUT2D eigenvalue weighted by Crippen LogP contribution is 2.17. The predicted octanol–water partition coefficient (Wildman–Crippen LogP) is 3.15. The lowest BCUT2D eigenvalue weighted by atomic mass is 10.2. The maximum absolute atomic E-state index is 13.3. The molecule has 2 aromatic carbocycles. The Balaban J connectivity index is 1.52. The number of halogens is 1. The third-order valence-corrected chi connectivity index (χ3v) is 5.92. The molecule has 2 heterocycles. The molecule has 0 spiro atoms. The predicted molar refractivity (Wildman–Crippen MR) is 139 cm³/mol. The maximum Gasteiger partial charge on any atom is 0.331 e. The van der Waals surface area contributed by atoms with Gasteiger partial charge in [0.05, 0.1) is 30.8 Å². The number of aromatic nitrogens is 2. The second-order valence-corrected chi connectivity index (χ2v) is 8.66. The number of carbonyl (C=O) groups excluding carboxylic acids is 2.